The summed E-state index contributed by atoms with van der Waals surface area (Å²) in [6.07, 6.45) is 1.86. The van der Waals surface area contributed by atoms with Crippen LogP contribution in [-0.4, -0.2) is 48.9 Å². The predicted molar refractivity (Wildman–Crippen MR) is 136 cm³/mol. The Morgan fingerprint density at radius 2 is 1.67 bits per heavy atom. The number of nitrogens with two attached hydrogens (primary N) is 1. The molecule has 1 saturated heterocycles. The maximum absolute atomic E-state index is 6.83. The highest BCUT2D eigenvalue weighted by molar-refractivity contribution is 6.36. The van der Waals surface area contributed by atoms with Crippen molar-refractivity contribution in [1.82, 2.24) is 15.2 Å². The van der Waals surface area contributed by atoms with Gasteiger partial charge in [-0.3, -0.25) is 10.7 Å². The van der Waals surface area contributed by atoms with Gasteiger partial charge in [0.25, 0.3) is 0 Å². The van der Waals surface area contributed by atoms with Gasteiger partial charge in [-0.2, -0.15) is 0 Å². The minimum atomic E-state index is -1.01. The van der Waals surface area contributed by atoms with E-state index in [4.69, 9.17) is 33.9 Å². The van der Waals surface area contributed by atoms with E-state index in [-0.39, 0.29) is 0 Å². The number of fused-ring (bicyclic) bond motifs is 1. The molecule has 0 radical (unpaired) electrons. The number of aromatic nitrogens is 1. The number of hydrogen-bond donors (Lipinski definition) is 4. The summed E-state index contributed by atoms with van der Waals surface area (Å²) in [7, 11) is 2.16. The molecule has 0 bridgehead atoms. The second-order valence-electron chi connectivity index (χ2n) is 8.53. The van der Waals surface area contributed by atoms with Crippen LogP contribution in [0.2, 0.25) is 10.0 Å². The number of nitrogens with one attached hydrogen (secondary N) is 3. The highest BCUT2D eigenvalue weighted by Gasteiger charge is 2.35. The Morgan fingerprint density at radius 3 is 2.36 bits per heavy atom. The van der Waals surface area contributed by atoms with Crippen LogP contribution in [0.25, 0.3) is 0 Å². The van der Waals surface area contributed by atoms with E-state index in [2.05, 4.69) is 56.7 Å². The van der Waals surface area contributed by atoms with Gasteiger partial charge in [-0.05, 0) is 37.4 Å². The van der Waals surface area contributed by atoms with Gasteiger partial charge >= 0.3 is 0 Å². The minimum absolute atomic E-state index is 0.331. The topological polar surface area (TPSA) is 84.7 Å². The lowest BCUT2D eigenvalue weighted by molar-refractivity contribution is 0.313. The smallest absolute Gasteiger partial charge is 0.190 e. The summed E-state index contributed by atoms with van der Waals surface area (Å²) in [5.74, 6) is -0.366. The summed E-state index contributed by atoms with van der Waals surface area (Å²) >= 11 is 12.7. The molecule has 1 aromatic heterocycles. The zero-order chi connectivity index (χ0) is 23.0. The SMILES string of the molecule is CN1CCN(c2ccc(C3(N)NC(=NCc4c(Cl)cccc4Cl)c4[nH]ccc4N3)cc2)CC1. The van der Waals surface area contributed by atoms with Crippen LogP contribution >= 0.6 is 23.2 Å². The number of piperazine rings is 1. The second kappa shape index (κ2) is 8.91. The first-order valence-corrected chi connectivity index (χ1v) is 11.7. The van der Waals surface area contributed by atoms with E-state index in [1.54, 1.807) is 0 Å². The third kappa shape index (κ3) is 4.42. The zero-order valence-corrected chi connectivity index (χ0v) is 19.9. The number of anilines is 2. The molecule has 172 valence electrons. The van der Waals surface area contributed by atoms with Crippen LogP contribution in [0.1, 0.15) is 16.8 Å². The monoisotopic (exact) mass is 483 g/mol. The Labute approximate surface area is 203 Å². The quantitative estimate of drug-likeness (QED) is 0.453. The third-order valence-corrected chi connectivity index (χ3v) is 6.99. The first-order chi connectivity index (χ1) is 15.9. The van der Waals surface area contributed by atoms with Gasteiger partial charge in [0.05, 0.1) is 12.2 Å². The standard InChI is InChI=1S/C24H27Cl2N7/c1-32-11-13-33(14-12-32)17-7-5-16(6-8-17)24(27)30-21-9-10-28-22(21)23(31-24)29-15-18-19(25)3-2-4-20(18)26/h2-10,28,30H,11-15,27H2,1H3,(H,29,31). The van der Waals surface area contributed by atoms with E-state index in [9.17, 15) is 0 Å². The van der Waals surface area contributed by atoms with Gasteiger partial charge in [-0.1, -0.05) is 41.4 Å². The number of nitrogens with zero attached hydrogens (tertiary/aromatic N) is 3. The zero-order valence-electron chi connectivity index (χ0n) is 18.4. The van der Waals surface area contributed by atoms with Crippen LogP contribution in [0.4, 0.5) is 11.4 Å². The van der Waals surface area contributed by atoms with Gasteiger partial charge in [0.15, 0.2) is 11.6 Å². The lowest BCUT2D eigenvalue weighted by Gasteiger charge is -2.38. The van der Waals surface area contributed by atoms with Crippen molar-refractivity contribution in [2.75, 3.05) is 43.4 Å². The predicted octanol–water partition coefficient (Wildman–Crippen LogP) is 3.80. The molecular formula is C24H27Cl2N7. The summed E-state index contributed by atoms with van der Waals surface area (Å²) < 4.78 is 0. The van der Waals surface area contributed by atoms with E-state index in [1.165, 1.54) is 5.69 Å². The van der Waals surface area contributed by atoms with Crippen LogP contribution in [0.3, 0.4) is 0 Å². The number of H-pyrrole nitrogens is 1. The van der Waals surface area contributed by atoms with Crippen LogP contribution in [0.15, 0.2) is 59.7 Å². The highest BCUT2D eigenvalue weighted by Crippen LogP contribution is 2.30. The average molecular weight is 484 g/mol. The molecule has 5 N–H and O–H groups in total. The van der Waals surface area contributed by atoms with Gasteiger partial charge in [0, 0.05) is 59.2 Å². The molecule has 7 nitrogen and oxygen atoms in total. The molecule has 2 aliphatic heterocycles. The molecular weight excluding hydrogens is 457 g/mol. The summed E-state index contributed by atoms with van der Waals surface area (Å²) in [6, 6.07) is 15.8. The fraction of sp³-hybridized carbons (Fsp3) is 0.292. The summed E-state index contributed by atoms with van der Waals surface area (Å²) in [6.45, 7) is 4.51. The summed E-state index contributed by atoms with van der Waals surface area (Å²) in [5.41, 5.74) is 11.4. The van der Waals surface area contributed by atoms with Crippen molar-refractivity contribution in [3.63, 3.8) is 0 Å². The van der Waals surface area contributed by atoms with Crippen molar-refractivity contribution in [3.8, 4) is 0 Å². The van der Waals surface area contributed by atoms with Crippen molar-refractivity contribution in [2.24, 2.45) is 10.7 Å². The Morgan fingerprint density at radius 1 is 0.970 bits per heavy atom. The fourth-order valence-corrected chi connectivity index (χ4v) is 4.78. The third-order valence-electron chi connectivity index (χ3n) is 6.28. The van der Waals surface area contributed by atoms with E-state index in [0.29, 0.717) is 22.4 Å². The molecule has 2 aromatic carbocycles. The molecule has 2 aliphatic rings. The lowest BCUT2D eigenvalue weighted by Crippen LogP contribution is -2.61. The van der Waals surface area contributed by atoms with E-state index >= 15 is 0 Å². The Bertz CT molecular complexity index is 1150. The molecule has 1 unspecified atom stereocenters. The number of amidine groups is 1. The summed E-state index contributed by atoms with van der Waals surface area (Å²) in [5, 5.41) is 7.97. The fourth-order valence-electron chi connectivity index (χ4n) is 4.27. The first-order valence-electron chi connectivity index (χ1n) is 11.0. The lowest BCUT2D eigenvalue weighted by atomic mass is 10.0. The molecule has 3 aromatic rings. The van der Waals surface area contributed by atoms with E-state index in [0.717, 1.165) is 48.7 Å². The maximum Gasteiger partial charge on any atom is 0.190 e. The van der Waals surface area contributed by atoms with Gasteiger partial charge in [-0.15, -0.1) is 0 Å². The molecule has 1 fully saturated rings. The molecule has 0 saturated carbocycles. The van der Waals surface area contributed by atoms with E-state index < -0.39 is 5.79 Å². The number of aromatic amines is 1. The number of halogens is 2. The normalized spacial score (nSPS) is 22.1. The number of aliphatic imine (C=N–C) groups is 1. The first kappa shape index (κ1) is 22.1. The molecule has 1 atom stereocenters. The molecule has 0 amide bonds. The van der Waals surface area contributed by atoms with Gasteiger partial charge in [0.2, 0.25) is 0 Å². The minimum Gasteiger partial charge on any atom is -0.369 e. The molecule has 0 spiro atoms. The Kier molecular flexibility index (Phi) is 5.97. The van der Waals surface area contributed by atoms with Gasteiger partial charge in [0.1, 0.15) is 5.69 Å². The molecule has 0 aliphatic carbocycles. The molecule has 33 heavy (non-hydrogen) atoms. The number of likely N-dealkylation sites (N-methyl/N-ethyl adjacent to an activating group) is 1. The van der Waals surface area contributed by atoms with Crippen LogP contribution in [-0.2, 0) is 12.3 Å². The van der Waals surface area contributed by atoms with Crippen molar-refractivity contribution < 1.29 is 0 Å². The number of benzene rings is 2. The van der Waals surface area contributed by atoms with Crippen molar-refractivity contribution in [1.29, 1.82) is 0 Å². The molecule has 3 heterocycles. The van der Waals surface area contributed by atoms with E-state index in [1.807, 2.05) is 30.5 Å². The van der Waals surface area contributed by atoms with Crippen molar-refractivity contribution in [2.45, 2.75) is 12.3 Å². The second-order valence-corrected chi connectivity index (χ2v) is 9.34. The van der Waals surface area contributed by atoms with Crippen LogP contribution in [0, 0.1) is 0 Å². The van der Waals surface area contributed by atoms with Crippen LogP contribution in [0.5, 0.6) is 0 Å². The summed E-state index contributed by atoms with van der Waals surface area (Å²) in [4.78, 5) is 12.8. The Balaban J connectivity index is 1.41. The van der Waals surface area contributed by atoms with Crippen LogP contribution < -0.4 is 21.3 Å². The number of hydrogen-bond acceptors (Lipinski definition) is 5. The maximum atomic E-state index is 6.83. The molecule has 5 rings (SSSR count). The number of rotatable bonds is 4. The highest BCUT2D eigenvalue weighted by atomic mass is 35.5. The molecule has 9 heteroatoms. The van der Waals surface area contributed by atoms with Crippen molar-refractivity contribution in [3.05, 3.63) is 81.6 Å². The van der Waals surface area contributed by atoms with Gasteiger partial charge < -0.3 is 25.4 Å². The largest absolute Gasteiger partial charge is 0.369 e. The average Bonchev–Trinajstić information content (AvgIpc) is 3.27. The van der Waals surface area contributed by atoms with Gasteiger partial charge in [-0.25, -0.2) is 0 Å². The Hall–Kier alpha value is -2.71. The van der Waals surface area contributed by atoms with Crippen molar-refractivity contribution >= 4 is 40.4 Å².